The third-order valence-corrected chi connectivity index (χ3v) is 3.21. The van der Waals surface area contributed by atoms with Gasteiger partial charge in [0.25, 0.3) is 0 Å². The number of hydrogen-bond acceptors (Lipinski definition) is 3. The first kappa shape index (κ1) is 15.1. The van der Waals surface area contributed by atoms with Crippen LogP contribution in [0.2, 0.25) is 0 Å². The Bertz CT molecular complexity index is 300. The quantitative estimate of drug-likeness (QED) is 0.729. The maximum atomic E-state index is 4.40. The van der Waals surface area contributed by atoms with Gasteiger partial charge in [0.1, 0.15) is 0 Å². The van der Waals surface area contributed by atoms with Gasteiger partial charge in [-0.1, -0.05) is 26.8 Å². The van der Waals surface area contributed by atoms with Gasteiger partial charge in [0.05, 0.1) is 5.69 Å². The first-order chi connectivity index (χ1) is 8.80. The Balaban J connectivity index is 2.45. The van der Waals surface area contributed by atoms with Crippen LogP contribution in [0.15, 0.2) is 24.4 Å². The molecule has 1 atom stereocenters. The van der Waals surface area contributed by atoms with E-state index in [0.29, 0.717) is 6.04 Å². The molecule has 0 spiro atoms. The second kappa shape index (κ2) is 9.06. The molecule has 1 aromatic heterocycles. The minimum absolute atomic E-state index is 0.591. The number of nitrogens with zero attached hydrogens (tertiary/aromatic N) is 2. The second-order valence-electron chi connectivity index (χ2n) is 4.71. The number of hydrogen-bond donors (Lipinski definition) is 1. The molecule has 0 aromatic carbocycles. The molecule has 0 fully saturated rings. The summed E-state index contributed by atoms with van der Waals surface area (Å²) in [5, 5.41) is 3.61. The molecule has 0 saturated heterocycles. The first-order valence-electron chi connectivity index (χ1n) is 7.15. The summed E-state index contributed by atoms with van der Waals surface area (Å²) in [6.45, 7) is 10.9. The van der Waals surface area contributed by atoms with E-state index in [2.05, 4.69) is 48.1 Å². The maximum absolute atomic E-state index is 4.40. The van der Waals surface area contributed by atoms with Crippen LogP contribution in [0.4, 0.5) is 0 Å². The van der Waals surface area contributed by atoms with Gasteiger partial charge in [0.2, 0.25) is 0 Å². The summed E-state index contributed by atoms with van der Waals surface area (Å²) in [6, 6.07) is 6.72. The van der Waals surface area contributed by atoms with E-state index in [1.165, 1.54) is 12.8 Å². The third-order valence-electron chi connectivity index (χ3n) is 3.21. The summed E-state index contributed by atoms with van der Waals surface area (Å²) in [5.74, 6) is 0. The van der Waals surface area contributed by atoms with Gasteiger partial charge in [-0.15, -0.1) is 0 Å². The highest BCUT2D eigenvalue weighted by Crippen LogP contribution is 2.03. The van der Waals surface area contributed by atoms with Crippen LogP contribution >= 0.6 is 0 Å². The van der Waals surface area contributed by atoms with Gasteiger partial charge in [-0.2, -0.15) is 0 Å². The lowest BCUT2D eigenvalue weighted by Gasteiger charge is -2.26. The molecule has 0 amide bonds. The number of pyridine rings is 1. The van der Waals surface area contributed by atoms with Crippen LogP contribution in [-0.2, 0) is 6.54 Å². The summed E-state index contributed by atoms with van der Waals surface area (Å²) >= 11 is 0. The topological polar surface area (TPSA) is 28.2 Å². The highest BCUT2D eigenvalue weighted by molar-refractivity contribution is 5.03. The summed E-state index contributed by atoms with van der Waals surface area (Å²) in [5.41, 5.74) is 1.16. The largest absolute Gasteiger partial charge is 0.313 e. The van der Waals surface area contributed by atoms with Crippen molar-refractivity contribution < 1.29 is 0 Å². The van der Waals surface area contributed by atoms with Crippen molar-refractivity contribution in [2.75, 3.05) is 19.6 Å². The van der Waals surface area contributed by atoms with Crippen LogP contribution in [0.3, 0.4) is 0 Å². The van der Waals surface area contributed by atoms with Crippen molar-refractivity contribution in [3.63, 3.8) is 0 Å². The molecule has 102 valence electrons. The van der Waals surface area contributed by atoms with Crippen LogP contribution in [0.25, 0.3) is 0 Å². The van der Waals surface area contributed by atoms with Crippen LogP contribution in [0.5, 0.6) is 0 Å². The Hall–Kier alpha value is -0.930. The lowest BCUT2D eigenvalue weighted by Crippen LogP contribution is -2.40. The minimum atomic E-state index is 0.591. The molecule has 0 aliphatic rings. The van der Waals surface area contributed by atoms with E-state index in [4.69, 9.17) is 0 Å². The van der Waals surface area contributed by atoms with Crippen molar-refractivity contribution in [1.29, 1.82) is 0 Å². The zero-order valence-electron chi connectivity index (χ0n) is 12.0. The Labute approximate surface area is 112 Å². The average Bonchev–Trinajstić information content (AvgIpc) is 2.43. The number of rotatable bonds is 9. The third kappa shape index (κ3) is 5.61. The van der Waals surface area contributed by atoms with Gasteiger partial charge >= 0.3 is 0 Å². The van der Waals surface area contributed by atoms with Gasteiger partial charge < -0.3 is 5.32 Å². The normalized spacial score (nSPS) is 12.9. The Morgan fingerprint density at radius 3 is 2.67 bits per heavy atom. The average molecular weight is 249 g/mol. The second-order valence-corrected chi connectivity index (χ2v) is 4.71. The molecule has 1 unspecified atom stereocenters. The van der Waals surface area contributed by atoms with E-state index in [1.807, 2.05) is 12.3 Å². The molecule has 0 aliphatic carbocycles. The Kier molecular flexibility index (Phi) is 7.62. The zero-order chi connectivity index (χ0) is 13.2. The standard InChI is InChI=1S/C15H27N3/c1-4-10-16-14(5-2)12-18(6-3)13-15-9-7-8-11-17-15/h7-9,11,14,16H,4-6,10,12-13H2,1-3H3. The van der Waals surface area contributed by atoms with Crippen LogP contribution in [-0.4, -0.2) is 35.6 Å². The molecule has 0 saturated carbocycles. The number of aromatic nitrogens is 1. The van der Waals surface area contributed by atoms with E-state index in [1.54, 1.807) is 0 Å². The van der Waals surface area contributed by atoms with Crippen molar-refractivity contribution in [2.45, 2.75) is 46.2 Å². The molecule has 1 aromatic rings. The Morgan fingerprint density at radius 2 is 2.11 bits per heavy atom. The molecule has 0 aliphatic heterocycles. The summed E-state index contributed by atoms with van der Waals surface area (Å²) < 4.78 is 0. The smallest absolute Gasteiger partial charge is 0.0543 e. The van der Waals surface area contributed by atoms with Crippen molar-refractivity contribution >= 4 is 0 Å². The molecular formula is C15H27N3. The fraction of sp³-hybridized carbons (Fsp3) is 0.667. The number of nitrogens with one attached hydrogen (secondary N) is 1. The van der Waals surface area contributed by atoms with E-state index in [-0.39, 0.29) is 0 Å². The van der Waals surface area contributed by atoms with Crippen molar-refractivity contribution in [1.82, 2.24) is 15.2 Å². The molecule has 1 heterocycles. The van der Waals surface area contributed by atoms with Gasteiger partial charge in [-0.05, 0) is 38.1 Å². The van der Waals surface area contributed by atoms with E-state index in [0.717, 1.165) is 31.9 Å². The lowest BCUT2D eigenvalue weighted by molar-refractivity contribution is 0.239. The minimum Gasteiger partial charge on any atom is -0.313 e. The van der Waals surface area contributed by atoms with E-state index >= 15 is 0 Å². The first-order valence-corrected chi connectivity index (χ1v) is 7.15. The van der Waals surface area contributed by atoms with Gasteiger partial charge in [0, 0.05) is 25.3 Å². The monoisotopic (exact) mass is 249 g/mol. The maximum Gasteiger partial charge on any atom is 0.0543 e. The predicted molar refractivity (Wildman–Crippen MR) is 77.6 cm³/mol. The van der Waals surface area contributed by atoms with Gasteiger partial charge in [0.15, 0.2) is 0 Å². The van der Waals surface area contributed by atoms with Crippen LogP contribution in [0, 0.1) is 0 Å². The number of likely N-dealkylation sites (N-methyl/N-ethyl adjacent to an activating group) is 1. The Morgan fingerprint density at radius 1 is 1.28 bits per heavy atom. The fourth-order valence-electron chi connectivity index (χ4n) is 2.02. The molecule has 1 N–H and O–H groups in total. The molecule has 18 heavy (non-hydrogen) atoms. The molecule has 1 rings (SSSR count). The predicted octanol–water partition coefficient (Wildman–Crippen LogP) is 2.68. The highest BCUT2D eigenvalue weighted by Gasteiger charge is 2.11. The van der Waals surface area contributed by atoms with Crippen LogP contribution in [0.1, 0.15) is 39.3 Å². The van der Waals surface area contributed by atoms with Crippen molar-refractivity contribution in [3.8, 4) is 0 Å². The van der Waals surface area contributed by atoms with Gasteiger partial charge in [-0.25, -0.2) is 0 Å². The summed E-state index contributed by atoms with van der Waals surface area (Å²) in [6.07, 6.45) is 4.25. The summed E-state index contributed by atoms with van der Waals surface area (Å²) in [7, 11) is 0. The molecule has 0 radical (unpaired) electrons. The molecule has 3 heteroatoms. The van der Waals surface area contributed by atoms with Gasteiger partial charge in [-0.3, -0.25) is 9.88 Å². The molecular weight excluding hydrogens is 222 g/mol. The van der Waals surface area contributed by atoms with Crippen LogP contribution < -0.4 is 5.32 Å². The SMILES string of the molecule is CCCNC(CC)CN(CC)Cc1ccccn1. The van der Waals surface area contributed by atoms with Crippen molar-refractivity contribution in [3.05, 3.63) is 30.1 Å². The highest BCUT2D eigenvalue weighted by atomic mass is 15.1. The van der Waals surface area contributed by atoms with Crippen molar-refractivity contribution in [2.24, 2.45) is 0 Å². The van der Waals surface area contributed by atoms with E-state index in [9.17, 15) is 0 Å². The summed E-state index contributed by atoms with van der Waals surface area (Å²) in [4.78, 5) is 6.86. The zero-order valence-corrected chi connectivity index (χ0v) is 12.0. The molecule has 3 nitrogen and oxygen atoms in total. The molecule has 0 bridgehead atoms. The van der Waals surface area contributed by atoms with E-state index < -0.39 is 0 Å². The fourth-order valence-corrected chi connectivity index (χ4v) is 2.02. The lowest BCUT2D eigenvalue weighted by atomic mass is 10.2.